The van der Waals surface area contributed by atoms with E-state index in [0.717, 1.165) is 12.8 Å². The number of hydrogen-bond donors (Lipinski definition) is 3. The van der Waals surface area contributed by atoms with E-state index in [1.807, 2.05) is 6.92 Å². The van der Waals surface area contributed by atoms with E-state index in [4.69, 9.17) is 0 Å². The lowest BCUT2D eigenvalue weighted by Crippen LogP contribution is -2.25. The van der Waals surface area contributed by atoms with E-state index in [2.05, 4.69) is 20.8 Å². The lowest BCUT2D eigenvalue weighted by Gasteiger charge is -2.10. The summed E-state index contributed by atoms with van der Waals surface area (Å²) in [5.74, 6) is 0.775. The van der Waals surface area contributed by atoms with Crippen LogP contribution in [-0.4, -0.2) is 40.4 Å². The van der Waals surface area contributed by atoms with Crippen LogP contribution in [0.25, 0.3) is 0 Å². The van der Waals surface area contributed by atoms with Gasteiger partial charge in [-0.05, 0) is 37.8 Å². The van der Waals surface area contributed by atoms with Crippen molar-refractivity contribution in [3.8, 4) is 0 Å². The molecule has 98 valence electrons. The number of carbonyl (C=O) groups is 1. The van der Waals surface area contributed by atoms with Crippen LogP contribution >= 0.6 is 0 Å². The van der Waals surface area contributed by atoms with E-state index in [9.17, 15) is 9.90 Å². The van der Waals surface area contributed by atoms with Crippen molar-refractivity contribution in [2.75, 3.05) is 18.4 Å². The molecule has 1 heterocycles. The maximum Gasteiger partial charge on any atom is 0.271 e. The second kappa shape index (κ2) is 5.77. The molecule has 1 aromatic heterocycles. The lowest BCUT2D eigenvalue weighted by molar-refractivity contribution is 0.0950. The third-order valence-corrected chi connectivity index (χ3v) is 2.89. The van der Waals surface area contributed by atoms with Gasteiger partial charge in [0.05, 0.1) is 6.10 Å². The SMILES string of the molecule is CCNC(=O)c1ccc(NCC(O)C2CC2)nn1. The van der Waals surface area contributed by atoms with E-state index in [0.29, 0.717) is 30.5 Å². The number of rotatable bonds is 6. The summed E-state index contributed by atoms with van der Waals surface area (Å²) >= 11 is 0. The number of anilines is 1. The number of nitrogens with one attached hydrogen (secondary N) is 2. The first-order valence-corrected chi connectivity index (χ1v) is 6.24. The minimum absolute atomic E-state index is 0.227. The van der Waals surface area contributed by atoms with E-state index < -0.39 is 0 Å². The molecule has 1 aromatic rings. The van der Waals surface area contributed by atoms with Crippen LogP contribution < -0.4 is 10.6 Å². The van der Waals surface area contributed by atoms with Crippen molar-refractivity contribution in [1.82, 2.24) is 15.5 Å². The van der Waals surface area contributed by atoms with Gasteiger partial charge in [-0.2, -0.15) is 0 Å². The van der Waals surface area contributed by atoms with Crippen molar-refractivity contribution >= 4 is 11.7 Å². The summed E-state index contributed by atoms with van der Waals surface area (Å²) in [6, 6.07) is 3.31. The Balaban J connectivity index is 1.84. The average molecular weight is 250 g/mol. The molecule has 1 aliphatic rings. The average Bonchev–Trinajstić information content (AvgIpc) is 3.21. The predicted octanol–water partition coefficient (Wildman–Crippen LogP) is 0.409. The van der Waals surface area contributed by atoms with E-state index >= 15 is 0 Å². The quantitative estimate of drug-likeness (QED) is 0.680. The monoisotopic (exact) mass is 250 g/mol. The van der Waals surface area contributed by atoms with Gasteiger partial charge in [0.25, 0.3) is 5.91 Å². The highest BCUT2D eigenvalue weighted by molar-refractivity contribution is 5.92. The van der Waals surface area contributed by atoms with Gasteiger partial charge >= 0.3 is 0 Å². The molecule has 0 radical (unpaired) electrons. The lowest BCUT2D eigenvalue weighted by atomic mass is 10.2. The van der Waals surface area contributed by atoms with Crippen molar-refractivity contribution in [3.05, 3.63) is 17.8 Å². The first-order chi connectivity index (χ1) is 8.70. The zero-order valence-corrected chi connectivity index (χ0v) is 10.4. The second-order valence-electron chi connectivity index (χ2n) is 4.45. The summed E-state index contributed by atoms with van der Waals surface area (Å²) in [7, 11) is 0. The molecule has 0 aromatic carbocycles. The third kappa shape index (κ3) is 3.40. The number of amides is 1. The minimum atomic E-state index is -0.324. The smallest absolute Gasteiger partial charge is 0.271 e. The molecule has 1 saturated carbocycles. The van der Waals surface area contributed by atoms with Crippen molar-refractivity contribution in [1.29, 1.82) is 0 Å². The second-order valence-corrected chi connectivity index (χ2v) is 4.45. The molecule has 6 heteroatoms. The van der Waals surface area contributed by atoms with Gasteiger partial charge in [-0.15, -0.1) is 10.2 Å². The normalized spacial score (nSPS) is 16.1. The molecule has 1 atom stereocenters. The van der Waals surface area contributed by atoms with Crippen LogP contribution in [0.5, 0.6) is 0 Å². The van der Waals surface area contributed by atoms with E-state index in [1.54, 1.807) is 12.1 Å². The van der Waals surface area contributed by atoms with Crippen molar-refractivity contribution in [2.45, 2.75) is 25.9 Å². The molecule has 3 N–H and O–H groups in total. The van der Waals surface area contributed by atoms with Gasteiger partial charge in [-0.25, -0.2) is 0 Å². The van der Waals surface area contributed by atoms with Gasteiger partial charge in [-0.3, -0.25) is 4.79 Å². The molecule has 0 aliphatic heterocycles. The van der Waals surface area contributed by atoms with Gasteiger partial charge in [-0.1, -0.05) is 0 Å². The number of hydrogen-bond acceptors (Lipinski definition) is 5. The molecule has 0 bridgehead atoms. The number of aliphatic hydroxyl groups is 1. The summed E-state index contributed by atoms with van der Waals surface area (Å²) in [4.78, 5) is 11.4. The van der Waals surface area contributed by atoms with Crippen LogP contribution in [0, 0.1) is 5.92 Å². The van der Waals surface area contributed by atoms with E-state index in [-0.39, 0.29) is 12.0 Å². The summed E-state index contributed by atoms with van der Waals surface area (Å²) in [6.07, 6.45) is 1.88. The summed E-state index contributed by atoms with van der Waals surface area (Å²) in [5.41, 5.74) is 0.296. The zero-order valence-electron chi connectivity index (χ0n) is 10.4. The van der Waals surface area contributed by atoms with Gasteiger partial charge < -0.3 is 15.7 Å². The van der Waals surface area contributed by atoms with Crippen molar-refractivity contribution in [3.63, 3.8) is 0 Å². The van der Waals surface area contributed by atoms with E-state index in [1.165, 1.54) is 0 Å². The molecular weight excluding hydrogens is 232 g/mol. The fourth-order valence-corrected chi connectivity index (χ4v) is 1.66. The Bertz CT molecular complexity index is 403. The van der Waals surface area contributed by atoms with Crippen LogP contribution in [0.4, 0.5) is 5.82 Å². The standard InChI is InChI=1S/C12H18N4O2/c1-2-13-12(18)9-5-6-11(16-15-9)14-7-10(17)8-3-4-8/h5-6,8,10,17H,2-4,7H2,1H3,(H,13,18)(H,14,16). The largest absolute Gasteiger partial charge is 0.391 e. The van der Waals surface area contributed by atoms with Gasteiger partial charge in [0, 0.05) is 13.1 Å². The molecule has 2 rings (SSSR count). The fraction of sp³-hybridized carbons (Fsp3) is 0.583. The maximum atomic E-state index is 11.4. The molecule has 1 unspecified atom stereocenters. The van der Waals surface area contributed by atoms with Crippen LogP contribution in [0.3, 0.4) is 0 Å². The molecule has 1 amide bonds. The fourth-order valence-electron chi connectivity index (χ4n) is 1.66. The molecule has 0 saturated heterocycles. The van der Waals surface area contributed by atoms with Crippen LogP contribution in [0.1, 0.15) is 30.3 Å². The zero-order chi connectivity index (χ0) is 13.0. The van der Waals surface area contributed by atoms with Crippen molar-refractivity contribution in [2.24, 2.45) is 5.92 Å². The van der Waals surface area contributed by atoms with Crippen LogP contribution in [-0.2, 0) is 0 Å². The van der Waals surface area contributed by atoms with Crippen LogP contribution in [0.15, 0.2) is 12.1 Å². The molecule has 1 aliphatic carbocycles. The van der Waals surface area contributed by atoms with Crippen LogP contribution in [0.2, 0.25) is 0 Å². The summed E-state index contributed by atoms with van der Waals surface area (Å²) < 4.78 is 0. The highest BCUT2D eigenvalue weighted by atomic mass is 16.3. The Kier molecular flexibility index (Phi) is 4.09. The Morgan fingerprint density at radius 2 is 2.28 bits per heavy atom. The molecule has 1 fully saturated rings. The van der Waals surface area contributed by atoms with Gasteiger partial charge in [0.2, 0.25) is 0 Å². The number of aromatic nitrogens is 2. The first-order valence-electron chi connectivity index (χ1n) is 6.24. The topological polar surface area (TPSA) is 87.1 Å². The molecule has 18 heavy (non-hydrogen) atoms. The Hall–Kier alpha value is -1.69. The highest BCUT2D eigenvalue weighted by Gasteiger charge is 2.29. The Morgan fingerprint density at radius 1 is 1.50 bits per heavy atom. The highest BCUT2D eigenvalue weighted by Crippen LogP contribution is 2.32. The minimum Gasteiger partial charge on any atom is -0.391 e. The number of aliphatic hydroxyl groups excluding tert-OH is 1. The van der Waals surface area contributed by atoms with Gasteiger partial charge in [0.15, 0.2) is 5.69 Å². The molecule has 0 spiro atoms. The summed E-state index contributed by atoms with van der Waals surface area (Å²) in [5, 5.41) is 23.1. The number of nitrogens with zero attached hydrogens (tertiary/aromatic N) is 2. The molecule has 6 nitrogen and oxygen atoms in total. The summed E-state index contributed by atoms with van der Waals surface area (Å²) in [6.45, 7) is 2.88. The molecular formula is C12H18N4O2. The predicted molar refractivity (Wildman–Crippen MR) is 67.3 cm³/mol. The third-order valence-electron chi connectivity index (χ3n) is 2.89. The van der Waals surface area contributed by atoms with Gasteiger partial charge in [0.1, 0.15) is 5.82 Å². The first kappa shape index (κ1) is 12.8. The maximum absolute atomic E-state index is 11.4. The number of carbonyl (C=O) groups excluding carboxylic acids is 1. The Morgan fingerprint density at radius 3 is 2.83 bits per heavy atom. The Labute approximate surface area is 106 Å². The van der Waals surface area contributed by atoms with Crippen molar-refractivity contribution < 1.29 is 9.90 Å².